The fraction of sp³-hybridized carbons (Fsp3) is 0.267. The lowest BCUT2D eigenvalue weighted by Crippen LogP contribution is -2.11. The van der Waals surface area contributed by atoms with Crippen LogP contribution in [0, 0.1) is 20.8 Å². The summed E-state index contributed by atoms with van der Waals surface area (Å²) in [7, 11) is 0. The Balaban J connectivity index is 2.18. The number of hydrogen-bond acceptors (Lipinski definition) is 2. The van der Waals surface area contributed by atoms with Gasteiger partial charge in [-0.1, -0.05) is 6.07 Å². The van der Waals surface area contributed by atoms with E-state index in [1.165, 1.54) is 5.56 Å². The van der Waals surface area contributed by atoms with E-state index in [0.29, 0.717) is 11.6 Å². The monoisotopic (exact) mass is 277 g/mol. The second kappa shape index (κ2) is 5.49. The van der Waals surface area contributed by atoms with E-state index in [4.69, 9.17) is 16.0 Å². The van der Waals surface area contributed by atoms with E-state index in [1.54, 1.807) is 13.0 Å². The molecule has 0 fully saturated rings. The molecule has 1 aromatic carbocycles. The van der Waals surface area contributed by atoms with Crippen LogP contribution in [-0.2, 0) is 5.88 Å². The summed E-state index contributed by atoms with van der Waals surface area (Å²) in [5.41, 5.74) is 3.92. The summed E-state index contributed by atoms with van der Waals surface area (Å²) in [6.45, 7) is 5.84. The minimum Gasteiger partial charge on any atom is -0.456 e. The van der Waals surface area contributed by atoms with Crippen LogP contribution in [0.15, 0.2) is 28.7 Å². The molecule has 4 heteroatoms. The number of amides is 1. The van der Waals surface area contributed by atoms with Gasteiger partial charge in [0, 0.05) is 11.3 Å². The molecule has 1 N–H and O–H groups in total. The maximum absolute atomic E-state index is 12.0. The number of carbonyl (C=O) groups excluding carboxylic acids is 1. The van der Waals surface area contributed by atoms with E-state index in [-0.39, 0.29) is 11.7 Å². The number of carbonyl (C=O) groups is 1. The second-order valence-corrected chi connectivity index (χ2v) is 4.85. The van der Waals surface area contributed by atoms with Gasteiger partial charge in [-0.15, -0.1) is 11.6 Å². The Hall–Kier alpha value is -1.74. The number of alkyl halides is 1. The molecule has 3 nitrogen and oxygen atoms in total. The first-order chi connectivity index (χ1) is 9.01. The molecule has 1 heterocycles. The molecule has 19 heavy (non-hydrogen) atoms. The zero-order valence-corrected chi connectivity index (χ0v) is 12.0. The first kappa shape index (κ1) is 13.7. The average molecular weight is 278 g/mol. The van der Waals surface area contributed by atoms with Crippen LogP contribution in [0.3, 0.4) is 0 Å². The average Bonchev–Trinajstić information content (AvgIpc) is 2.75. The fourth-order valence-corrected chi connectivity index (χ4v) is 2.04. The lowest BCUT2D eigenvalue weighted by molar-refractivity contribution is 0.0995. The predicted octanol–water partition coefficient (Wildman–Crippen LogP) is 4.20. The summed E-state index contributed by atoms with van der Waals surface area (Å²) in [6.07, 6.45) is 0. The van der Waals surface area contributed by atoms with Crippen LogP contribution in [0.5, 0.6) is 0 Å². The maximum Gasteiger partial charge on any atom is 0.291 e. The van der Waals surface area contributed by atoms with E-state index < -0.39 is 0 Å². The molecule has 2 aromatic rings. The number of aryl methyl sites for hydroxylation is 3. The Bertz CT molecular complexity index is 617. The second-order valence-electron chi connectivity index (χ2n) is 4.58. The van der Waals surface area contributed by atoms with Gasteiger partial charge in [-0.05, 0) is 50.1 Å². The number of rotatable bonds is 3. The van der Waals surface area contributed by atoms with Crippen LogP contribution in [-0.4, -0.2) is 5.91 Å². The van der Waals surface area contributed by atoms with Crippen LogP contribution in [0.2, 0.25) is 0 Å². The number of benzene rings is 1. The Morgan fingerprint density at radius 2 is 1.95 bits per heavy atom. The molecule has 1 aromatic heterocycles. The van der Waals surface area contributed by atoms with E-state index in [2.05, 4.69) is 5.32 Å². The van der Waals surface area contributed by atoms with Gasteiger partial charge in [-0.3, -0.25) is 4.79 Å². The molecule has 0 unspecified atom stereocenters. The molecule has 0 aliphatic rings. The van der Waals surface area contributed by atoms with E-state index in [9.17, 15) is 4.79 Å². The molecule has 100 valence electrons. The fourth-order valence-electron chi connectivity index (χ4n) is 1.78. The van der Waals surface area contributed by atoms with Gasteiger partial charge in [0.2, 0.25) is 0 Å². The highest BCUT2D eigenvalue weighted by Crippen LogP contribution is 2.19. The molecule has 0 spiro atoms. The largest absolute Gasteiger partial charge is 0.456 e. The van der Waals surface area contributed by atoms with E-state index >= 15 is 0 Å². The van der Waals surface area contributed by atoms with Crippen molar-refractivity contribution in [3.05, 3.63) is 52.5 Å². The number of furan rings is 1. The van der Waals surface area contributed by atoms with Crippen LogP contribution < -0.4 is 5.32 Å². The predicted molar refractivity (Wildman–Crippen MR) is 76.9 cm³/mol. The van der Waals surface area contributed by atoms with Crippen molar-refractivity contribution in [2.24, 2.45) is 0 Å². The number of anilines is 1. The third-order valence-electron chi connectivity index (χ3n) is 3.15. The molecule has 0 radical (unpaired) electrons. The van der Waals surface area contributed by atoms with Gasteiger partial charge in [-0.2, -0.15) is 0 Å². The van der Waals surface area contributed by atoms with Gasteiger partial charge >= 0.3 is 0 Å². The summed E-state index contributed by atoms with van der Waals surface area (Å²) in [5.74, 6) is 1.04. The normalized spacial score (nSPS) is 10.5. The first-order valence-corrected chi connectivity index (χ1v) is 6.58. The first-order valence-electron chi connectivity index (χ1n) is 6.05. The maximum atomic E-state index is 12.0. The molecule has 2 rings (SSSR count). The molecular weight excluding hydrogens is 262 g/mol. The number of nitrogens with one attached hydrogen (secondary N) is 1. The van der Waals surface area contributed by atoms with Crippen molar-refractivity contribution in [1.29, 1.82) is 0 Å². The minimum atomic E-state index is -0.261. The topological polar surface area (TPSA) is 42.2 Å². The number of hydrogen-bond donors (Lipinski definition) is 1. The molecule has 0 atom stereocenters. The molecule has 1 amide bonds. The smallest absolute Gasteiger partial charge is 0.291 e. The Labute approximate surface area is 117 Å². The number of halogens is 1. The molecule has 0 bridgehead atoms. The van der Waals surface area contributed by atoms with Crippen molar-refractivity contribution in [1.82, 2.24) is 0 Å². The molecular formula is C15H16ClNO2. The summed E-state index contributed by atoms with van der Waals surface area (Å²) >= 11 is 5.76. The standard InChI is InChI=1S/C15H16ClNO2/c1-9-4-5-13(6-10(9)2)17-15(18)14-7-12(8-16)11(3)19-14/h4-7H,8H2,1-3H3,(H,17,18). The highest BCUT2D eigenvalue weighted by Gasteiger charge is 2.14. The van der Waals surface area contributed by atoms with Crippen molar-refractivity contribution >= 4 is 23.2 Å². The molecule has 0 aliphatic heterocycles. The Kier molecular flexibility index (Phi) is 3.96. The van der Waals surface area contributed by atoms with Crippen LogP contribution in [0.1, 0.15) is 33.0 Å². The van der Waals surface area contributed by atoms with E-state index in [0.717, 1.165) is 16.8 Å². The summed E-state index contributed by atoms with van der Waals surface area (Å²) < 4.78 is 5.40. The zero-order chi connectivity index (χ0) is 14.0. The SMILES string of the molecule is Cc1ccc(NC(=O)c2cc(CCl)c(C)o2)cc1C. The Morgan fingerprint density at radius 3 is 2.53 bits per heavy atom. The summed E-state index contributed by atoms with van der Waals surface area (Å²) in [6, 6.07) is 7.46. The third kappa shape index (κ3) is 2.99. The highest BCUT2D eigenvalue weighted by molar-refractivity contribution is 6.17. The highest BCUT2D eigenvalue weighted by atomic mass is 35.5. The van der Waals surface area contributed by atoms with E-state index in [1.807, 2.05) is 32.0 Å². The zero-order valence-electron chi connectivity index (χ0n) is 11.2. The van der Waals surface area contributed by atoms with Gasteiger partial charge in [0.05, 0.1) is 5.88 Å². The van der Waals surface area contributed by atoms with Crippen molar-refractivity contribution < 1.29 is 9.21 Å². The van der Waals surface area contributed by atoms with Gasteiger partial charge in [-0.25, -0.2) is 0 Å². The summed E-state index contributed by atoms with van der Waals surface area (Å²) in [5, 5.41) is 2.82. The molecule has 0 saturated carbocycles. The minimum absolute atomic E-state index is 0.261. The van der Waals surface area contributed by atoms with Crippen LogP contribution in [0.25, 0.3) is 0 Å². The van der Waals surface area contributed by atoms with Crippen LogP contribution in [0.4, 0.5) is 5.69 Å². The summed E-state index contributed by atoms with van der Waals surface area (Å²) in [4.78, 5) is 12.0. The third-order valence-corrected chi connectivity index (χ3v) is 3.44. The van der Waals surface area contributed by atoms with Crippen molar-refractivity contribution in [2.75, 3.05) is 5.32 Å². The van der Waals surface area contributed by atoms with Crippen LogP contribution >= 0.6 is 11.6 Å². The lowest BCUT2D eigenvalue weighted by Gasteiger charge is -2.06. The van der Waals surface area contributed by atoms with Crippen molar-refractivity contribution in [3.63, 3.8) is 0 Å². The van der Waals surface area contributed by atoms with Gasteiger partial charge in [0.15, 0.2) is 5.76 Å². The van der Waals surface area contributed by atoms with Crippen molar-refractivity contribution in [3.8, 4) is 0 Å². The Morgan fingerprint density at radius 1 is 1.21 bits per heavy atom. The van der Waals surface area contributed by atoms with Gasteiger partial charge < -0.3 is 9.73 Å². The van der Waals surface area contributed by atoms with Crippen molar-refractivity contribution in [2.45, 2.75) is 26.7 Å². The lowest BCUT2D eigenvalue weighted by atomic mass is 10.1. The molecule has 0 saturated heterocycles. The van der Waals surface area contributed by atoms with Gasteiger partial charge in [0.1, 0.15) is 5.76 Å². The molecule has 0 aliphatic carbocycles. The quantitative estimate of drug-likeness (QED) is 0.855. The van der Waals surface area contributed by atoms with Gasteiger partial charge in [0.25, 0.3) is 5.91 Å².